The summed E-state index contributed by atoms with van der Waals surface area (Å²) in [5, 5.41) is 12.4. The number of nitrogens with zero attached hydrogens (tertiary/aromatic N) is 1. The van der Waals surface area contributed by atoms with Crippen molar-refractivity contribution in [3.63, 3.8) is 0 Å². The van der Waals surface area contributed by atoms with Crippen LogP contribution in [-0.4, -0.2) is 47.6 Å². The molecule has 1 amide bonds. The number of anilines is 1. The van der Waals surface area contributed by atoms with Crippen molar-refractivity contribution in [2.75, 3.05) is 31.5 Å². The summed E-state index contributed by atoms with van der Waals surface area (Å²) in [5.41, 5.74) is 5.42. The predicted molar refractivity (Wildman–Crippen MR) is 126 cm³/mol. The topological polar surface area (TPSA) is 90.6 Å². The van der Waals surface area contributed by atoms with Crippen molar-refractivity contribution in [3.8, 4) is 17.2 Å². The van der Waals surface area contributed by atoms with Gasteiger partial charge in [0, 0.05) is 46.4 Å². The van der Waals surface area contributed by atoms with Gasteiger partial charge in [-0.2, -0.15) is 0 Å². The highest BCUT2D eigenvalue weighted by Crippen LogP contribution is 2.46. The van der Waals surface area contributed by atoms with E-state index >= 15 is 0 Å². The molecule has 0 aliphatic carbocycles. The highest BCUT2D eigenvalue weighted by atomic mass is 35.5. The fourth-order valence-corrected chi connectivity index (χ4v) is 5.12. The number of carbonyl (C=O) groups excluding carboxylic acids is 1. The Labute approximate surface area is 189 Å². The number of phenols is 1. The monoisotopic (exact) mass is 453 g/mol. The Morgan fingerprint density at radius 1 is 1.16 bits per heavy atom. The molecule has 1 aliphatic heterocycles. The van der Waals surface area contributed by atoms with Gasteiger partial charge in [0.2, 0.25) is 0 Å². The maximum absolute atomic E-state index is 13.6. The molecular weight excluding hydrogens is 430 g/mol. The SMILES string of the molecule is COc1cc2cc(C(=O)N3C[C@@H](CCl)c4c3cc(O)c3[nH]c(C)cc43)[nH]c2c(C)c1OC. The number of amides is 1. The first kappa shape index (κ1) is 20.6. The number of rotatable bonds is 4. The molecule has 2 aromatic carbocycles. The van der Waals surface area contributed by atoms with Gasteiger partial charge in [0.25, 0.3) is 5.91 Å². The van der Waals surface area contributed by atoms with Gasteiger partial charge < -0.3 is 29.4 Å². The number of hydrogen-bond donors (Lipinski definition) is 3. The number of aromatic amines is 2. The van der Waals surface area contributed by atoms with Gasteiger partial charge in [-0.1, -0.05) is 0 Å². The Morgan fingerprint density at radius 3 is 2.62 bits per heavy atom. The summed E-state index contributed by atoms with van der Waals surface area (Å²) in [6.07, 6.45) is 0. The predicted octanol–water partition coefficient (Wildman–Crippen LogP) is 4.97. The third kappa shape index (κ3) is 2.84. The molecule has 0 bridgehead atoms. The molecule has 0 saturated heterocycles. The van der Waals surface area contributed by atoms with E-state index in [0.717, 1.165) is 33.1 Å². The van der Waals surface area contributed by atoms with Crippen LogP contribution in [-0.2, 0) is 0 Å². The molecule has 4 aromatic rings. The van der Waals surface area contributed by atoms with E-state index in [4.69, 9.17) is 21.1 Å². The number of nitrogens with one attached hydrogen (secondary N) is 2. The minimum atomic E-state index is -0.182. The average molecular weight is 454 g/mol. The Kier molecular flexibility index (Phi) is 4.74. The molecule has 3 heterocycles. The van der Waals surface area contributed by atoms with Crippen LogP contribution in [0, 0.1) is 13.8 Å². The molecule has 0 unspecified atom stereocenters. The Bertz CT molecular complexity index is 1390. The van der Waals surface area contributed by atoms with Crippen LogP contribution >= 0.6 is 11.6 Å². The van der Waals surface area contributed by atoms with Gasteiger partial charge in [0.15, 0.2) is 11.5 Å². The number of aromatic nitrogens is 2. The van der Waals surface area contributed by atoms with Crippen molar-refractivity contribution >= 4 is 45.0 Å². The zero-order valence-corrected chi connectivity index (χ0v) is 19.1. The van der Waals surface area contributed by atoms with Crippen molar-refractivity contribution in [1.82, 2.24) is 9.97 Å². The Balaban J connectivity index is 1.63. The van der Waals surface area contributed by atoms with E-state index in [1.807, 2.05) is 32.0 Å². The minimum absolute atomic E-state index is 0.0276. The molecule has 7 nitrogen and oxygen atoms in total. The third-order valence-corrected chi connectivity index (χ3v) is 6.68. The lowest BCUT2D eigenvalue weighted by molar-refractivity contribution is 0.0984. The van der Waals surface area contributed by atoms with Crippen LogP contribution in [0.3, 0.4) is 0 Å². The van der Waals surface area contributed by atoms with Crippen molar-refractivity contribution in [2.45, 2.75) is 19.8 Å². The van der Waals surface area contributed by atoms with Gasteiger partial charge in [0.05, 0.1) is 30.9 Å². The summed E-state index contributed by atoms with van der Waals surface area (Å²) in [7, 11) is 3.18. The fourth-order valence-electron chi connectivity index (χ4n) is 4.87. The van der Waals surface area contributed by atoms with Gasteiger partial charge >= 0.3 is 0 Å². The van der Waals surface area contributed by atoms with Gasteiger partial charge in [-0.15, -0.1) is 11.6 Å². The molecular formula is C24H24ClN3O4. The number of aryl methyl sites for hydroxylation is 2. The first-order chi connectivity index (χ1) is 15.4. The molecule has 0 saturated carbocycles. The summed E-state index contributed by atoms with van der Waals surface area (Å²) in [6.45, 7) is 4.31. The first-order valence-corrected chi connectivity index (χ1v) is 10.9. The molecule has 2 aromatic heterocycles. The maximum Gasteiger partial charge on any atom is 0.274 e. The second-order valence-corrected chi connectivity index (χ2v) is 8.53. The number of carbonyl (C=O) groups is 1. The van der Waals surface area contributed by atoms with Crippen LogP contribution in [0.2, 0.25) is 0 Å². The van der Waals surface area contributed by atoms with Crippen LogP contribution in [0.4, 0.5) is 5.69 Å². The molecule has 5 rings (SSSR count). The van der Waals surface area contributed by atoms with Crippen LogP contribution in [0.5, 0.6) is 17.2 Å². The van der Waals surface area contributed by atoms with E-state index in [1.54, 1.807) is 25.2 Å². The van der Waals surface area contributed by atoms with Gasteiger partial charge in [-0.05, 0) is 37.6 Å². The number of alkyl halides is 1. The lowest BCUT2D eigenvalue weighted by Gasteiger charge is -2.17. The number of aromatic hydroxyl groups is 1. The molecule has 0 spiro atoms. The van der Waals surface area contributed by atoms with Gasteiger partial charge in [0.1, 0.15) is 11.4 Å². The molecule has 1 atom stereocenters. The van der Waals surface area contributed by atoms with Crippen molar-refractivity contribution in [3.05, 3.63) is 46.8 Å². The van der Waals surface area contributed by atoms with Crippen LogP contribution in [0.1, 0.15) is 33.2 Å². The second kappa shape index (κ2) is 7.38. The molecule has 166 valence electrons. The Hall–Kier alpha value is -3.32. The molecule has 3 N–H and O–H groups in total. The number of fused-ring (bicyclic) bond motifs is 4. The number of halogens is 1. The van der Waals surface area contributed by atoms with Gasteiger partial charge in [-0.3, -0.25) is 4.79 Å². The van der Waals surface area contributed by atoms with E-state index in [0.29, 0.717) is 40.8 Å². The van der Waals surface area contributed by atoms with Crippen molar-refractivity contribution in [2.24, 2.45) is 0 Å². The standard InChI is InChI=1S/C24H24ClN3O4/c1-11-5-15-20-14(9-25)10-28(17(20)8-18(29)22(15)26-11)24(30)16-6-13-7-19(31-3)23(32-4)12(2)21(13)27-16/h5-8,14,26-27,29H,9-10H2,1-4H3/t14-/m1/s1. The maximum atomic E-state index is 13.6. The number of phenolic OH excluding ortho intramolecular Hbond substituents is 1. The summed E-state index contributed by atoms with van der Waals surface area (Å²) in [4.78, 5) is 21.8. The average Bonchev–Trinajstić information content (AvgIpc) is 3.47. The third-order valence-electron chi connectivity index (χ3n) is 6.31. The lowest BCUT2D eigenvalue weighted by Crippen LogP contribution is -2.30. The summed E-state index contributed by atoms with van der Waals surface area (Å²) in [5.74, 6) is 1.52. The van der Waals surface area contributed by atoms with Crippen LogP contribution < -0.4 is 14.4 Å². The number of ether oxygens (including phenoxy) is 2. The Morgan fingerprint density at radius 2 is 1.94 bits per heavy atom. The molecule has 0 fully saturated rings. The zero-order valence-electron chi connectivity index (χ0n) is 18.3. The van der Waals surface area contributed by atoms with Crippen LogP contribution in [0.15, 0.2) is 24.3 Å². The summed E-state index contributed by atoms with van der Waals surface area (Å²) in [6, 6.07) is 7.31. The van der Waals surface area contributed by atoms with E-state index in [2.05, 4.69) is 9.97 Å². The first-order valence-electron chi connectivity index (χ1n) is 10.3. The number of methoxy groups -OCH3 is 2. The van der Waals surface area contributed by atoms with Crippen molar-refractivity contribution in [1.29, 1.82) is 0 Å². The van der Waals surface area contributed by atoms with Crippen molar-refractivity contribution < 1.29 is 19.4 Å². The minimum Gasteiger partial charge on any atom is -0.506 e. The largest absolute Gasteiger partial charge is 0.506 e. The quantitative estimate of drug-likeness (QED) is 0.380. The second-order valence-electron chi connectivity index (χ2n) is 8.22. The molecule has 1 aliphatic rings. The highest BCUT2D eigenvalue weighted by molar-refractivity contribution is 6.19. The summed E-state index contributed by atoms with van der Waals surface area (Å²) >= 11 is 6.30. The molecule has 8 heteroatoms. The van der Waals surface area contributed by atoms with E-state index < -0.39 is 0 Å². The smallest absolute Gasteiger partial charge is 0.274 e. The lowest BCUT2D eigenvalue weighted by atomic mass is 9.99. The van der Waals surface area contributed by atoms with E-state index in [9.17, 15) is 9.90 Å². The zero-order chi connectivity index (χ0) is 22.7. The van der Waals surface area contributed by atoms with Gasteiger partial charge in [-0.25, -0.2) is 0 Å². The molecule has 0 radical (unpaired) electrons. The number of benzene rings is 2. The normalized spacial score (nSPS) is 15.5. The highest BCUT2D eigenvalue weighted by Gasteiger charge is 2.36. The van der Waals surface area contributed by atoms with Crippen LogP contribution in [0.25, 0.3) is 21.8 Å². The molecule has 32 heavy (non-hydrogen) atoms. The van der Waals surface area contributed by atoms with E-state index in [1.165, 1.54) is 0 Å². The fraction of sp³-hybridized carbons (Fsp3) is 0.292. The number of H-pyrrole nitrogens is 2. The summed E-state index contributed by atoms with van der Waals surface area (Å²) < 4.78 is 10.9. The van der Waals surface area contributed by atoms with E-state index in [-0.39, 0.29) is 17.6 Å². The number of hydrogen-bond acceptors (Lipinski definition) is 4.